The SMILES string of the molecule is N#Cc1ccc(NC(=O)CNc2cccc(C#Cc3ccccc3)c2)cc1Cl. The van der Waals surface area contributed by atoms with Gasteiger partial charge >= 0.3 is 0 Å². The molecule has 0 saturated carbocycles. The van der Waals surface area contributed by atoms with Gasteiger partial charge in [0.1, 0.15) is 6.07 Å². The third-order valence-electron chi connectivity index (χ3n) is 3.81. The smallest absolute Gasteiger partial charge is 0.243 e. The van der Waals surface area contributed by atoms with Gasteiger partial charge in [0.2, 0.25) is 5.91 Å². The van der Waals surface area contributed by atoms with Crippen molar-refractivity contribution in [1.82, 2.24) is 0 Å². The minimum Gasteiger partial charge on any atom is -0.376 e. The lowest BCUT2D eigenvalue weighted by Crippen LogP contribution is -2.21. The fourth-order valence-corrected chi connectivity index (χ4v) is 2.67. The van der Waals surface area contributed by atoms with Crippen molar-refractivity contribution in [3.8, 4) is 17.9 Å². The average molecular weight is 386 g/mol. The lowest BCUT2D eigenvalue weighted by atomic mass is 10.1. The summed E-state index contributed by atoms with van der Waals surface area (Å²) >= 11 is 5.98. The lowest BCUT2D eigenvalue weighted by molar-refractivity contribution is -0.114. The Labute approximate surface area is 168 Å². The van der Waals surface area contributed by atoms with E-state index in [0.717, 1.165) is 16.8 Å². The van der Waals surface area contributed by atoms with Crippen LogP contribution in [0.5, 0.6) is 0 Å². The highest BCUT2D eigenvalue weighted by Gasteiger charge is 2.05. The van der Waals surface area contributed by atoms with Crippen LogP contribution in [0.4, 0.5) is 11.4 Å². The zero-order valence-corrected chi connectivity index (χ0v) is 15.6. The van der Waals surface area contributed by atoms with Crippen molar-refractivity contribution < 1.29 is 4.79 Å². The maximum Gasteiger partial charge on any atom is 0.243 e. The maximum absolute atomic E-state index is 12.1. The van der Waals surface area contributed by atoms with E-state index in [9.17, 15) is 4.79 Å². The minimum absolute atomic E-state index is 0.0905. The van der Waals surface area contributed by atoms with E-state index in [1.807, 2.05) is 60.7 Å². The van der Waals surface area contributed by atoms with E-state index in [1.165, 1.54) is 0 Å². The van der Waals surface area contributed by atoms with E-state index in [-0.39, 0.29) is 12.5 Å². The van der Waals surface area contributed by atoms with Crippen molar-refractivity contribution in [3.05, 3.63) is 94.5 Å². The molecule has 3 aromatic carbocycles. The average Bonchev–Trinajstić information content (AvgIpc) is 2.72. The topological polar surface area (TPSA) is 64.9 Å². The standard InChI is InChI=1S/C23H16ClN3O/c24-22-14-21(12-11-19(22)15-25)27-23(28)16-26-20-8-4-7-18(13-20)10-9-17-5-2-1-3-6-17/h1-8,11-14,26H,16H2,(H,27,28). The largest absolute Gasteiger partial charge is 0.376 e. The fraction of sp³-hybridized carbons (Fsp3) is 0.0435. The highest BCUT2D eigenvalue weighted by atomic mass is 35.5. The number of halogens is 1. The van der Waals surface area contributed by atoms with Gasteiger partial charge in [0, 0.05) is 22.5 Å². The number of carbonyl (C=O) groups is 1. The summed E-state index contributed by atoms with van der Waals surface area (Å²) in [5.41, 5.74) is 3.51. The Morgan fingerprint density at radius 3 is 2.39 bits per heavy atom. The van der Waals surface area contributed by atoms with E-state index in [0.29, 0.717) is 16.3 Å². The summed E-state index contributed by atoms with van der Waals surface area (Å²) in [5, 5.41) is 15.0. The van der Waals surface area contributed by atoms with Gasteiger partial charge in [-0.3, -0.25) is 4.79 Å². The zero-order valence-electron chi connectivity index (χ0n) is 14.9. The molecule has 0 unspecified atom stereocenters. The first kappa shape index (κ1) is 19.0. The fourth-order valence-electron chi connectivity index (χ4n) is 2.44. The van der Waals surface area contributed by atoms with Gasteiger partial charge in [-0.2, -0.15) is 5.26 Å². The van der Waals surface area contributed by atoms with Crippen LogP contribution in [-0.4, -0.2) is 12.5 Å². The summed E-state index contributed by atoms with van der Waals surface area (Å²) in [6.45, 7) is 0.0905. The minimum atomic E-state index is -0.221. The molecule has 0 fully saturated rings. The van der Waals surface area contributed by atoms with E-state index >= 15 is 0 Å². The number of hydrogen-bond acceptors (Lipinski definition) is 3. The van der Waals surface area contributed by atoms with Crippen molar-refractivity contribution in [3.63, 3.8) is 0 Å². The molecule has 0 bridgehead atoms. The Morgan fingerprint density at radius 2 is 1.64 bits per heavy atom. The number of benzene rings is 3. The van der Waals surface area contributed by atoms with Crippen LogP contribution in [-0.2, 0) is 4.79 Å². The number of nitrogens with one attached hydrogen (secondary N) is 2. The molecule has 0 aliphatic carbocycles. The summed E-state index contributed by atoms with van der Waals surface area (Å²) in [6, 6.07) is 24.1. The molecule has 1 amide bonds. The normalized spacial score (nSPS) is 9.57. The summed E-state index contributed by atoms with van der Waals surface area (Å²) in [6.07, 6.45) is 0. The van der Waals surface area contributed by atoms with Crippen LogP contribution < -0.4 is 10.6 Å². The monoisotopic (exact) mass is 385 g/mol. The van der Waals surface area contributed by atoms with Gasteiger partial charge in [0.25, 0.3) is 0 Å². The van der Waals surface area contributed by atoms with Gasteiger partial charge in [0.15, 0.2) is 0 Å². The molecule has 0 spiro atoms. The molecule has 3 rings (SSSR count). The number of nitriles is 1. The van der Waals surface area contributed by atoms with Crippen molar-refractivity contribution in [2.75, 3.05) is 17.2 Å². The Morgan fingerprint density at radius 1 is 0.893 bits per heavy atom. The first-order chi connectivity index (χ1) is 13.6. The molecule has 28 heavy (non-hydrogen) atoms. The number of rotatable bonds is 4. The maximum atomic E-state index is 12.1. The summed E-state index contributed by atoms with van der Waals surface area (Å²) < 4.78 is 0. The zero-order chi connectivity index (χ0) is 19.8. The molecule has 5 heteroatoms. The van der Waals surface area contributed by atoms with Crippen LogP contribution in [0, 0.1) is 23.2 Å². The highest BCUT2D eigenvalue weighted by Crippen LogP contribution is 2.20. The van der Waals surface area contributed by atoms with Crippen LogP contribution in [0.1, 0.15) is 16.7 Å². The molecule has 0 radical (unpaired) electrons. The Balaban J connectivity index is 1.59. The first-order valence-corrected chi connectivity index (χ1v) is 8.92. The number of anilines is 2. The number of carbonyl (C=O) groups excluding carboxylic acids is 1. The molecular formula is C23H16ClN3O. The van der Waals surface area contributed by atoms with Crippen LogP contribution >= 0.6 is 11.6 Å². The lowest BCUT2D eigenvalue weighted by Gasteiger charge is -2.09. The Bertz CT molecular complexity index is 1090. The molecule has 0 atom stereocenters. The second-order valence-corrected chi connectivity index (χ2v) is 6.31. The number of amides is 1. The summed E-state index contributed by atoms with van der Waals surface area (Å²) in [7, 11) is 0. The molecule has 0 saturated heterocycles. The van der Waals surface area contributed by atoms with E-state index in [1.54, 1.807) is 18.2 Å². The molecule has 0 aliphatic heterocycles. The predicted molar refractivity (Wildman–Crippen MR) is 112 cm³/mol. The molecular weight excluding hydrogens is 370 g/mol. The number of hydrogen-bond donors (Lipinski definition) is 2. The Hall–Kier alpha value is -3.73. The van der Waals surface area contributed by atoms with Crippen LogP contribution in [0.15, 0.2) is 72.8 Å². The first-order valence-electron chi connectivity index (χ1n) is 8.54. The van der Waals surface area contributed by atoms with Gasteiger partial charge < -0.3 is 10.6 Å². The quantitative estimate of drug-likeness (QED) is 0.642. The number of nitrogens with zero attached hydrogens (tertiary/aromatic N) is 1. The third-order valence-corrected chi connectivity index (χ3v) is 4.13. The molecule has 136 valence electrons. The van der Waals surface area contributed by atoms with Crippen LogP contribution in [0.2, 0.25) is 5.02 Å². The van der Waals surface area contributed by atoms with Crippen molar-refractivity contribution in [2.45, 2.75) is 0 Å². The summed E-state index contributed by atoms with van der Waals surface area (Å²) in [5.74, 6) is 6.00. The van der Waals surface area contributed by atoms with Gasteiger partial charge in [-0.1, -0.05) is 47.7 Å². The van der Waals surface area contributed by atoms with Gasteiger partial charge in [-0.05, 0) is 48.5 Å². The summed E-state index contributed by atoms with van der Waals surface area (Å²) in [4.78, 5) is 12.1. The van der Waals surface area contributed by atoms with Crippen molar-refractivity contribution >= 4 is 28.9 Å². The molecule has 0 heterocycles. The van der Waals surface area contributed by atoms with Crippen molar-refractivity contribution in [2.24, 2.45) is 0 Å². The van der Waals surface area contributed by atoms with Gasteiger partial charge in [-0.25, -0.2) is 0 Å². The van der Waals surface area contributed by atoms with E-state index in [4.69, 9.17) is 16.9 Å². The molecule has 4 nitrogen and oxygen atoms in total. The third kappa shape index (κ3) is 5.38. The van der Waals surface area contributed by atoms with Gasteiger partial charge in [-0.15, -0.1) is 0 Å². The van der Waals surface area contributed by atoms with E-state index < -0.39 is 0 Å². The second kappa shape index (κ2) is 9.28. The van der Waals surface area contributed by atoms with Crippen LogP contribution in [0.3, 0.4) is 0 Å². The van der Waals surface area contributed by atoms with Crippen molar-refractivity contribution in [1.29, 1.82) is 5.26 Å². The predicted octanol–water partition coefficient (Wildman–Crippen LogP) is 4.66. The highest BCUT2D eigenvalue weighted by molar-refractivity contribution is 6.32. The molecule has 2 N–H and O–H groups in total. The van der Waals surface area contributed by atoms with Crippen LogP contribution in [0.25, 0.3) is 0 Å². The molecule has 3 aromatic rings. The molecule has 0 aliphatic rings. The second-order valence-electron chi connectivity index (χ2n) is 5.90. The van der Waals surface area contributed by atoms with E-state index in [2.05, 4.69) is 22.5 Å². The van der Waals surface area contributed by atoms with Gasteiger partial charge in [0.05, 0.1) is 17.1 Å². The Kier molecular flexibility index (Phi) is 6.31. The molecule has 0 aromatic heterocycles.